The van der Waals surface area contributed by atoms with Gasteiger partial charge in [-0.05, 0) is 68.3 Å². The second-order valence-electron chi connectivity index (χ2n) is 7.68. The lowest BCUT2D eigenvalue weighted by Crippen LogP contribution is -2.29. The van der Waals surface area contributed by atoms with Gasteiger partial charge in [0.15, 0.2) is 0 Å². The summed E-state index contributed by atoms with van der Waals surface area (Å²) >= 11 is 0. The normalized spacial score (nSPS) is 12.1. The summed E-state index contributed by atoms with van der Waals surface area (Å²) in [5.74, 6) is 0.162. The molecule has 0 aliphatic heterocycles. The molecule has 0 spiro atoms. The van der Waals surface area contributed by atoms with Crippen molar-refractivity contribution in [3.8, 4) is 0 Å². The Morgan fingerprint density at radius 2 is 1.80 bits per heavy atom. The molecular weight excluding hydrogens is 377 g/mol. The lowest BCUT2D eigenvalue weighted by molar-refractivity contribution is 0.0937. The highest BCUT2D eigenvalue weighted by atomic mass is 19.1. The lowest BCUT2D eigenvalue weighted by Gasteiger charge is -2.17. The number of imidazole rings is 1. The van der Waals surface area contributed by atoms with Gasteiger partial charge >= 0.3 is 0 Å². The van der Waals surface area contributed by atoms with Crippen molar-refractivity contribution in [3.05, 3.63) is 101 Å². The van der Waals surface area contributed by atoms with Crippen LogP contribution in [0.4, 0.5) is 4.39 Å². The highest BCUT2D eigenvalue weighted by molar-refractivity contribution is 5.94. The molecule has 0 bridgehead atoms. The van der Waals surface area contributed by atoms with Gasteiger partial charge in [-0.2, -0.15) is 0 Å². The second-order valence-corrected chi connectivity index (χ2v) is 7.68. The molecule has 30 heavy (non-hydrogen) atoms. The molecule has 1 aromatic heterocycles. The van der Waals surface area contributed by atoms with Crippen LogP contribution in [0.2, 0.25) is 0 Å². The van der Waals surface area contributed by atoms with Crippen molar-refractivity contribution < 1.29 is 9.18 Å². The Balaban J connectivity index is 1.69. The quantitative estimate of drug-likeness (QED) is 0.491. The number of carbonyl (C=O) groups is 1. The molecule has 0 fully saturated rings. The van der Waals surface area contributed by atoms with Crippen LogP contribution >= 0.6 is 0 Å². The Labute approximate surface area is 175 Å². The molecule has 1 N–H and O–H groups in total. The molecule has 0 aliphatic rings. The van der Waals surface area contributed by atoms with E-state index in [2.05, 4.69) is 41.9 Å². The highest BCUT2D eigenvalue weighted by Crippen LogP contribution is 2.24. The van der Waals surface area contributed by atoms with Crippen molar-refractivity contribution in [1.29, 1.82) is 0 Å². The molecule has 1 atom stereocenters. The van der Waals surface area contributed by atoms with Crippen molar-refractivity contribution in [2.24, 2.45) is 0 Å². The van der Waals surface area contributed by atoms with Crippen LogP contribution in [0.5, 0.6) is 0 Å². The molecule has 4 nitrogen and oxygen atoms in total. The number of aryl methyl sites for hydroxylation is 2. The van der Waals surface area contributed by atoms with Crippen LogP contribution in [0.15, 0.2) is 66.7 Å². The molecule has 152 valence electrons. The topological polar surface area (TPSA) is 46.9 Å². The van der Waals surface area contributed by atoms with E-state index in [1.807, 2.05) is 31.2 Å². The first-order valence-corrected chi connectivity index (χ1v) is 10.00. The SMILES string of the molecule is Cc1ccc(C)c(Cn2c([C@H](C)NC(=O)c3ccc(F)cc3)nc3ccccc32)c1. The third kappa shape index (κ3) is 3.96. The summed E-state index contributed by atoms with van der Waals surface area (Å²) in [5, 5.41) is 3.00. The molecule has 3 aromatic carbocycles. The number of aromatic nitrogens is 2. The van der Waals surface area contributed by atoms with E-state index in [1.54, 1.807) is 0 Å². The van der Waals surface area contributed by atoms with Gasteiger partial charge < -0.3 is 9.88 Å². The minimum absolute atomic E-state index is 0.257. The summed E-state index contributed by atoms with van der Waals surface area (Å²) in [5.41, 5.74) is 5.97. The average Bonchev–Trinajstić information content (AvgIpc) is 3.10. The summed E-state index contributed by atoms with van der Waals surface area (Å²) in [6.07, 6.45) is 0. The third-order valence-corrected chi connectivity index (χ3v) is 5.36. The fourth-order valence-corrected chi connectivity index (χ4v) is 3.68. The van der Waals surface area contributed by atoms with E-state index in [0.717, 1.165) is 16.9 Å². The molecule has 1 heterocycles. The van der Waals surface area contributed by atoms with E-state index >= 15 is 0 Å². The zero-order valence-corrected chi connectivity index (χ0v) is 17.3. The predicted molar refractivity (Wildman–Crippen MR) is 117 cm³/mol. The van der Waals surface area contributed by atoms with Crippen LogP contribution < -0.4 is 5.32 Å². The Kier molecular flexibility index (Phi) is 5.36. The van der Waals surface area contributed by atoms with Crippen LogP contribution in [0.1, 0.15) is 45.8 Å². The van der Waals surface area contributed by atoms with Crippen molar-refractivity contribution in [2.45, 2.75) is 33.4 Å². The number of carbonyl (C=O) groups excluding carboxylic acids is 1. The number of nitrogens with zero attached hydrogens (tertiary/aromatic N) is 2. The van der Waals surface area contributed by atoms with E-state index in [-0.39, 0.29) is 17.8 Å². The van der Waals surface area contributed by atoms with Gasteiger partial charge in [0, 0.05) is 12.1 Å². The number of hydrogen-bond acceptors (Lipinski definition) is 2. The fraction of sp³-hybridized carbons (Fsp3) is 0.200. The van der Waals surface area contributed by atoms with Crippen LogP contribution in [-0.2, 0) is 6.54 Å². The van der Waals surface area contributed by atoms with E-state index < -0.39 is 0 Å². The molecule has 0 saturated carbocycles. The standard InChI is InChI=1S/C25H24FN3O/c1-16-8-9-17(2)20(14-16)15-29-23-7-5-4-6-22(23)28-24(29)18(3)27-25(30)19-10-12-21(26)13-11-19/h4-14,18H,15H2,1-3H3,(H,27,30)/t18-/m0/s1. The van der Waals surface area contributed by atoms with Gasteiger partial charge in [-0.3, -0.25) is 4.79 Å². The first kappa shape index (κ1) is 19.8. The summed E-state index contributed by atoms with van der Waals surface area (Å²) < 4.78 is 15.3. The van der Waals surface area contributed by atoms with Crippen LogP contribution in [-0.4, -0.2) is 15.5 Å². The van der Waals surface area contributed by atoms with Crippen LogP contribution in [0.3, 0.4) is 0 Å². The number of nitrogens with one attached hydrogen (secondary N) is 1. The summed E-state index contributed by atoms with van der Waals surface area (Å²) in [4.78, 5) is 17.5. The Morgan fingerprint density at radius 1 is 1.07 bits per heavy atom. The van der Waals surface area contributed by atoms with E-state index in [0.29, 0.717) is 12.1 Å². The number of fused-ring (bicyclic) bond motifs is 1. The van der Waals surface area contributed by atoms with Crippen LogP contribution in [0.25, 0.3) is 11.0 Å². The molecule has 0 radical (unpaired) electrons. The molecule has 5 heteroatoms. The number of rotatable bonds is 5. The van der Waals surface area contributed by atoms with Crippen molar-refractivity contribution in [1.82, 2.24) is 14.9 Å². The molecule has 1 amide bonds. The Morgan fingerprint density at radius 3 is 2.57 bits per heavy atom. The predicted octanol–water partition coefficient (Wildman–Crippen LogP) is 5.33. The Bertz CT molecular complexity index is 1210. The van der Waals surface area contributed by atoms with E-state index in [1.165, 1.54) is 41.0 Å². The van der Waals surface area contributed by atoms with Gasteiger partial charge in [0.2, 0.25) is 0 Å². The molecule has 4 rings (SSSR count). The zero-order chi connectivity index (χ0) is 21.3. The molecule has 4 aromatic rings. The van der Waals surface area contributed by atoms with E-state index in [9.17, 15) is 9.18 Å². The van der Waals surface area contributed by atoms with Gasteiger partial charge in [0.1, 0.15) is 11.6 Å². The van der Waals surface area contributed by atoms with Gasteiger partial charge in [-0.15, -0.1) is 0 Å². The maximum atomic E-state index is 13.2. The van der Waals surface area contributed by atoms with Gasteiger partial charge in [-0.25, -0.2) is 9.37 Å². The maximum absolute atomic E-state index is 13.2. The average molecular weight is 401 g/mol. The number of hydrogen-bond donors (Lipinski definition) is 1. The van der Waals surface area contributed by atoms with Crippen LogP contribution in [0, 0.1) is 19.7 Å². The Hall–Kier alpha value is -3.47. The smallest absolute Gasteiger partial charge is 0.251 e. The largest absolute Gasteiger partial charge is 0.342 e. The zero-order valence-electron chi connectivity index (χ0n) is 17.3. The molecule has 0 aliphatic carbocycles. The second kappa shape index (κ2) is 8.11. The van der Waals surface area contributed by atoms with Crippen molar-refractivity contribution in [3.63, 3.8) is 0 Å². The van der Waals surface area contributed by atoms with E-state index in [4.69, 9.17) is 4.98 Å². The summed E-state index contributed by atoms with van der Waals surface area (Å²) in [6.45, 7) is 6.77. The van der Waals surface area contributed by atoms with Crippen molar-refractivity contribution >= 4 is 16.9 Å². The third-order valence-electron chi connectivity index (χ3n) is 5.36. The summed E-state index contributed by atoms with van der Waals surface area (Å²) in [6, 6.07) is 19.6. The number of benzene rings is 3. The highest BCUT2D eigenvalue weighted by Gasteiger charge is 2.19. The first-order valence-electron chi connectivity index (χ1n) is 10.00. The maximum Gasteiger partial charge on any atom is 0.251 e. The minimum Gasteiger partial charge on any atom is -0.342 e. The lowest BCUT2D eigenvalue weighted by atomic mass is 10.1. The molecular formula is C25H24FN3O. The van der Waals surface area contributed by atoms with Gasteiger partial charge in [-0.1, -0.05) is 35.9 Å². The number of amides is 1. The number of halogens is 1. The molecule has 0 saturated heterocycles. The number of para-hydroxylation sites is 2. The van der Waals surface area contributed by atoms with Crippen molar-refractivity contribution in [2.75, 3.05) is 0 Å². The minimum atomic E-state index is -0.366. The fourth-order valence-electron chi connectivity index (χ4n) is 3.68. The van der Waals surface area contributed by atoms with Gasteiger partial charge in [0.25, 0.3) is 5.91 Å². The van der Waals surface area contributed by atoms with Gasteiger partial charge in [0.05, 0.1) is 17.1 Å². The molecule has 0 unspecified atom stereocenters. The monoisotopic (exact) mass is 401 g/mol. The summed E-state index contributed by atoms with van der Waals surface area (Å²) in [7, 11) is 0. The first-order chi connectivity index (χ1) is 14.4.